The second kappa shape index (κ2) is 8.08. The largest absolute Gasteiger partial charge is 0.478 e. The standard InChI is InChI=1S/C14H19IN2O3/c1-3-5-8-17(4-2)14(20)16-12-7-6-10(15)9-11(12)13(18)19/h6-7,9H,3-5,8H2,1-2H3,(H,16,20)(H,18,19). The van der Waals surface area contributed by atoms with Gasteiger partial charge in [-0.3, -0.25) is 0 Å². The molecule has 0 fully saturated rings. The molecule has 1 aromatic rings. The van der Waals surface area contributed by atoms with Crippen LogP contribution in [-0.4, -0.2) is 35.1 Å². The topological polar surface area (TPSA) is 69.6 Å². The zero-order valence-electron chi connectivity index (χ0n) is 11.6. The first-order valence-corrected chi connectivity index (χ1v) is 7.66. The van der Waals surface area contributed by atoms with Crippen molar-refractivity contribution in [3.63, 3.8) is 0 Å². The molecule has 2 amide bonds. The molecule has 0 atom stereocenters. The van der Waals surface area contributed by atoms with E-state index in [0.29, 0.717) is 18.8 Å². The molecule has 0 aliphatic carbocycles. The number of carboxylic acids is 1. The highest BCUT2D eigenvalue weighted by Gasteiger charge is 2.16. The SMILES string of the molecule is CCCCN(CC)C(=O)Nc1ccc(I)cc1C(=O)O. The minimum Gasteiger partial charge on any atom is -0.478 e. The van der Waals surface area contributed by atoms with Crippen molar-refractivity contribution in [2.24, 2.45) is 0 Å². The van der Waals surface area contributed by atoms with E-state index in [2.05, 4.69) is 12.2 Å². The summed E-state index contributed by atoms with van der Waals surface area (Å²) in [5, 5.41) is 11.9. The third-order valence-electron chi connectivity index (χ3n) is 2.90. The highest BCUT2D eigenvalue weighted by atomic mass is 127. The number of anilines is 1. The molecule has 0 spiro atoms. The lowest BCUT2D eigenvalue weighted by molar-refractivity contribution is 0.0698. The Kier molecular flexibility index (Phi) is 6.77. The lowest BCUT2D eigenvalue weighted by atomic mass is 10.2. The second-order valence-corrected chi connectivity index (χ2v) is 5.60. The van der Waals surface area contributed by atoms with E-state index in [1.807, 2.05) is 29.5 Å². The number of hydrogen-bond donors (Lipinski definition) is 2. The first-order valence-electron chi connectivity index (χ1n) is 6.58. The van der Waals surface area contributed by atoms with E-state index in [1.54, 1.807) is 23.1 Å². The monoisotopic (exact) mass is 390 g/mol. The minimum absolute atomic E-state index is 0.108. The Labute approximate surface area is 132 Å². The van der Waals surface area contributed by atoms with Gasteiger partial charge in [0, 0.05) is 16.7 Å². The van der Waals surface area contributed by atoms with E-state index < -0.39 is 5.97 Å². The molecule has 1 aromatic carbocycles. The van der Waals surface area contributed by atoms with Crippen LogP contribution in [0, 0.1) is 3.57 Å². The number of aromatic carboxylic acids is 1. The summed E-state index contributed by atoms with van der Waals surface area (Å²) in [7, 11) is 0. The van der Waals surface area contributed by atoms with E-state index in [9.17, 15) is 14.7 Å². The summed E-state index contributed by atoms with van der Waals surface area (Å²) in [6, 6.07) is 4.67. The van der Waals surface area contributed by atoms with Crippen molar-refractivity contribution in [1.82, 2.24) is 4.90 Å². The molecule has 0 saturated carbocycles. The summed E-state index contributed by atoms with van der Waals surface area (Å²) >= 11 is 2.04. The molecule has 1 rings (SSSR count). The Hall–Kier alpha value is -1.31. The third-order valence-corrected chi connectivity index (χ3v) is 3.58. The molecule has 0 radical (unpaired) electrons. The number of carbonyl (C=O) groups is 2. The van der Waals surface area contributed by atoms with E-state index >= 15 is 0 Å². The van der Waals surface area contributed by atoms with Crippen molar-refractivity contribution in [3.8, 4) is 0 Å². The number of rotatable bonds is 6. The summed E-state index contributed by atoms with van der Waals surface area (Å²) in [6.45, 7) is 5.24. The quantitative estimate of drug-likeness (QED) is 0.729. The Morgan fingerprint density at radius 3 is 2.60 bits per heavy atom. The molecule has 0 saturated heterocycles. The molecule has 20 heavy (non-hydrogen) atoms. The van der Waals surface area contributed by atoms with E-state index in [0.717, 1.165) is 16.4 Å². The summed E-state index contributed by atoms with van der Waals surface area (Å²) < 4.78 is 0.816. The Balaban J connectivity index is 2.86. The fraction of sp³-hybridized carbons (Fsp3) is 0.429. The van der Waals surface area contributed by atoms with Crippen LogP contribution in [0.1, 0.15) is 37.0 Å². The average Bonchev–Trinajstić information content (AvgIpc) is 2.41. The first kappa shape index (κ1) is 16.7. The molecule has 110 valence electrons. The van der Waals surface area contributed by atoms with Crippen molar-refractivity contribution in [3.05, 3.63) is 27.3 Å². The number of carboxylic acid groups (broad SMARTS) is 1. The van der Waals surface area contributed by atoms with Crippen molar-refractivity contribution in [2.45, 2.75) is 26.7 Å². The van der Waals surface area contributed by atoms with Crippen LogP contribution in [0.5, 0.6) is 0 Å². The van der Waals surface area contributed by atoms with Gasteiger partial charge in [-0.05, 0) is 54.1 Å². The van der Waals surface area contributed by atoms with Gasteiger partial charge in [0.15, 0.2) is 0 Å². The van der Waals surface area contributed by atoms with Crippen LogP contribution in [0.15, 0.2) is 18.2 Å². The number of urea groups is 1. The fourth-order valence-corrected chi connectivity index (χ4v) is 2.24. The Bertz CT molecular complexity index is 491. The van der Waals surface area contributed by atoms with Crippen LogP contribution in [0.2, 0.25) is 0 Å². The maximum absolute atomic E-state index is 12.1. The highest BCUT2D eigenvalue weighted by molar-refractivity contribution is 14.1. The minimum atomic E-state index is -1.05. The highest BCUT2D eigenvalue weighted by Crippen LogP contribution is 2.19. The summed E-state index contributed by atoms with van der Waals surface area (Å²) in [5.74, 6) is -1.05. The first-order chi connectivity index (χ1) is 9.49. The number of amides is 2. The molecule has 0 aromatic heterocycles. The van der Waals surface area contributed by atoms with Gasteiger partial charge >= 0.3 is 12.0 Å². The molecule has 0 aliphatic rings. The zero-order valence-corrected chi connectivity index (χ0v) is 13.8. The summed E-state index contributed by atoms with van der Waals surface area (Å²) in [5.41, 5.74) is 0.439. The number of benzene rings is 1. The predicted molar refractivity (Wildman–Crippen MR) is 87.3 cm³/mol. The molecule has 0 heterocycles. The van der Waals surface area contributed by atoms with Gasteiger partial charge in [0.05, 0.1) is 11.3 Å². The van der Waals surface area contributed by atoms with E-state index in [4.69, 9.17) is 0 Å². The summed E-state index contributed by atoms with van der Waals surface area (Å²) in [6.07, 6.45) is 1.94. The van der Waals surface area contributed by atoms with Gasteiger partial charge in [0.2, 0.25) is 0 Å². The lowest BCUT2D eigenvalue weighted by Gasteiger charge is -2.21. The number of nitrogens with zero attached hydrogens (tertiary/aromatic N) is 1. The number of halogens is 1. The van der Waals surface area contributed by atoms with Crippen LogP contribution in [0.4, 0.5) is 10.5 Å². The third kappa shape index (κ3) is 4.66. The van der Waals surface area contributed by atoms with Gasteiger partial charge in [-0.15, -0.1) is 0 Å². The number of hydrogen-bond acceptors (Lipinski definition) is 2. The Morgan fingerprint density at radius 1 is 1.35 bits per heavy atom. The lowest BCUT2D eigenvalue weighted by Crippen LogP contribution is -2.35. The molecule has 0 aliphatic heterocycles. The normalized spacial score (nSPS) is 10.2. The second-order valence-electron chi connectivity index (χ2n) is 4.36. The zero-order chi connectivity index (χ0) is 15.1. The van der Waals surface area contributed by atoms with Gasteiger partial charge in [-0.2, -0.15) is 0 Å². The van der Waals surface area contributed by atoms with Gasteiger partial charge in [0.1, 0.15) is 0 Å². The van der Waals surface area contributed by atoms with Crippen molar-refractivity contribution < 1.29 is 14.7 Å². The van der Waals surface area contributed by atoms with Crippen LogP contribution in [-0.2, 0) is 0 Å². The van der Waals surface area contributed by atoms with E-state index in [1.165, 1.54) is 0 Å². The van der Waals surface area contributed by atoms with Crippen LogP contribution >= 0.6 is 22.6 Å². The maximum atomic E-state index is 12.1. The average molecular weight is 390 g/mol. The number of nitrogens with one attached hydrogen (secondary N) is 1. The molecule has 2 N–H and O–H groups in total. The summed E-state index contributed by atoms with van der Waals surface area (Å²) in [4.78, 5) is 25.0. The van der Waals surface area contributed by atoms with Gasteiger partial charge < -0.3 is 15.3 Å². The van der Waals surface area contributed by atoms with Gasteiger partial charge in [-0.25, -0.2) is 9.59 Å². The molecule has 6 heteroatoms. The molecular formula is C14H19IN2O3. The van der Waals surface area contributed by atoms with Crippen molar-refractivity contribution >= 4 is 40.3 Å². The number of carbonyl (C=O) groups excluding carboxylic acids is 1. The van der Waals surface area contributed by atoms with Crippen molar-refractivity contribution in [1.29, 1.82) is 0 Å². The maximum Gasteiger partial charge on any atom is 0.337 e. The molecular weight excluding hydrogens is 371 g/mol. The van der Waals surface area contributed by atoms with Gasteiger partial charge in [0.25, 0.3) is 0 Å². The van der Waals surface area contributed by atoms with Gasteiger partial charge in [-0.1, -0.05) is 13.3 Å². The Morgan fingerprint density at radius 2 is 2.05 bits per heavy atom. The van der Waals surface area contributed by atoms with E-state index in [-0.39, 0.29) is 11.6 Å². The molecule has 0 bridgehead atoms. The van der Waals surface area contributed by atoms with Crippen molar-refractivity contribution in [2.75, 3.05) is 18.4 Å². The smallest absolute Gasteiger partial charge is 0.337 e. The number of unbranched alkanes of at least 4 members (excludes halogenated alkanes) is 1. The van der Waals surface area contributed by atoms with Crippen LogP contribution in [0.25, 0.3) is 0 Å². The van der Waals surface area contributed by atoms with Crippen LogP contribution in [0.3, 0.4) is 0 Å². The predicted octanol–water partition coefficient (Wildman–Crippen LogP) is 3.64. The molecule has 5 nitrogen and oxygen atoms in total. The van der Waals surface area contributed by atoms with Crippen LogP contribution < -0.4 is 5.32 Å². The molecule has 0 unspecified atom stereocenters. The fourth-order valence-electron chi connectivity index (χ4n) is 1.75.